The Balaban J connectivity index is 3.07. The molecule has 3 nitrogen and oxygen atoms in total. The molecular formula is C10H17N3. The van der Waals surface area contributed by atoms with Crippen molar-refractivity contribution in [2.24, 2.45) is 5.73 Å². The largest absolute Gasteiger partial charge is 0.373 e. The van der Waals surface area contributed by atoms with E-state index in [1.165, 1.54) is 0 Å². The molecule has 0 unspecified atom stereocenters. The van der Waals surface area contributed by atoms with Crippen LogP contribution in [-0.4, -0.2) is 12.0 Å². The number of nitrogens with one attached hydrogen (secondary N) is 1. The van der Waals surface area contributed by atoms with Crippen molar-refractivity contribution in [3.63, 3.8) is 0 Å². The van der Waals surface area contributed by atoms with Gasteiger partial charge in [-0.2, -0.15) is 0 Å². The summed E-state index contributed by atoms with van der Waals surface area (Å²) < 4.78 is 0. The van der Waals surface area contributed by atoms with Gasteiger partial charge in [0, 0.05) is 19.3 Å². The van der Waals surface area contributed by atoms with Crippen LogP contribution in [0.1, 0.15) is 31.0 Å². The summed E-state index contributed by atoms with van der Waals surface area (Å²) in [5, 5.41) is 3.03. The van der Waals surface area contributed by atoms with Crippen LogP contribution in [0.4, 0.5) is 5.82 Å². The minimum atomic E-state index is 0.443. The summed E-state index contributed by atoms with van der Waals surface area (Å²) in [5.74, 6) is 1.34. The molecule has 72 valence electrons. The molecule has 0 atom stereocenters. The highest BCUT2D eigenvalue weighted by molar-refractivity contribution is 5.39. The third kappa shape index (κ3) is 2.42. The standard InChI is InChI=1S/C10H17N3/c1-7(2)9-4-8(6-11)5-10(12-3)13-9/h4-5,7H,6,11H2,1-3H3,(H,12,13). The van der Waals surface area contributed by atoms with E-state index in [1.807, 2.05) is 13.1 Å². The normalized spacial score (nSPS) is 10.5. The molecule has 3 heteroatoms. The minimum absolute atomic E-state index is 0.443. The van der Waals surface area contributed by atoms with Crippen molar-refractivity contribution in [2.75, 3.05) is 12.4 Å². The van der Waals surface area contributed by atoms with Gasteiger partial charge in [-0.25, -0.2) is 4.98 Å². The Hall–Kier alpha value is -1.09. The second-order valence-electron chi connectivity index (χ2n) is 3.39. The van der Waals surface area contributed by atoms with E-state index < -0.39 is 0 Å². The van der Waals surface area contributed by atoms with E-state index in [9.17, 15) is 0 Å². The summed E-state index contributed by atoms with van der Waals surface area (Å²) in [4.78, 5) is 4.43. The van der Waals surface area contributed by atoms with Crippen LogP contribution in [0.15, 0.2) is 12.1 Å². The molecule has 0 aromatic carbocycles. The third-order valence-corrected chi connectivity index (χ3v) is 1.99. The molecule has 13 heavy (non-hydrogen) atoms. The average Bonchev–Trinajstić information content (AvgIpc) is 2.16. The quantitative estimate of drug-likeness (QED) is 0.742. The highest BCUT2D eigenvalue weighted by Gasteiger charge is 2.04. The summed E-state index contributed by atoms with van der Waals surface area (Å²) >= 11 is 0. The Morgan fingerprint density at radius 2 is 2.15 bits per heavy atom. The molecule has 0 radical (unpaired) electrons. The number of nitrogens with zero attached hydrogens (tertiary/aromatic N) is 1. The number of anilines is 1. The monoisotopic (exact) mass is 179 g/mol. The van der Waals surface area contributed by atoms with Crippen molar-refractivity contribution in [3.8, 4) is 0 Å². The second kappa shape index (κ2) is 4.23. The Morgan fingerprint density at radius 3 is 2.62 bits per heavy atom. The van der Waals surface area contributed by atoms with Crippen LogP contribution in [0.2, 0.25) is 0 Å². The smallest absolute Gasteiger partial charge is 0.126 e. The molecule has 0 saturated heterocycles. The Labute approximate surface area is 79.4 Å². The van der Waals surface area contributed by atoms with E-state index in [-0.39, 0.29) is 0 Å². The highest BCUT2D eigenvalue weighted by atomic mass is 15.0. The van der Waals surface area contributed by atoms with Gasteiger partial charge in [-0.3, -0.25) is 0 Å². The molecule has 1 heterocycles. The molecule has 0 aliphatic carbocycles. The van der Waals surface area contributed by atoms with Crippen molar-refractivity contribution >= 4 is 5.82 Å². The van der Waals surface area contributed by atoms with Crippen LogP contribution in [0.3, 0.4) is 0 Å². The fraction of sp³-hybridized carbons (Fsp3) is 0.500. The van der Waals surface area contributed by atoms with Gasteiger partial charge in [0.25, 0.3) is 0 Å². The lowest BCUT2D eigenvalue weighted by Gasteiger charge is -2.09. The summed E-state index contributed by atoms with van der Waals surface area (Å²) in [5.41, 5.74) is 7.80. The first kappa shape index (κ1) is 9.99. The zero-order valence-electron chi connectivity index (χ0n) is 8.46. The van der Waals surface area contributed by atoms with Gasteiger partial charge in [0.05, 0.1) is 0 Å². The number of aromatic nitrogens is 1. The van der Waals surface area contributed by atoms with Gasteiger partial charge in [0.2, 0.25) is 0 Å². The van der Waals surface area contributed by atoms with Gasteiger partial charge in [-0.1, -0.05) is 13.8 Å². The topological polar surface area (TPSA) is 50.9 Å². The number of pyridine rings is 1. The highest BCUT2D eigenvalue weighted by Crippen LogP contribution is 2.16. The van der Waals surface area contributed by atoms with E-state index >= 15 is 0 Å². The predicted octanol–water partition coefficient (Wildman–Crippen LogP) is 1.71. The Morgan fingerprint density at radius 1 is 1.46 bits per heavy atom. The van der Waals surface area contributed by atoms with Gasteiger partial charge in [0.1, 0.15) is 5.82 Å². The van der Waals surface area contributed by atoms with E-state index in [0.29, 0.717) is 12.5 Å². The molecule has 0 saturated carbocycles. The first-order valence-electron chi connectivity index (χ1n) is 4.56. The van der Waals surface area contributed by atoms with Crippen LogP contribution in [-0.2, 0) is 6.54 Å². The molecule has 1 rings (SSSR count). The van der Waals surface area contributed by atoms with Gasteiger partial charge >= 0.3 is 0 Å². The van der Waals surface area contributed by atoms with Crippen molar-refractivity contribution in [1.82, 2.24) is 4.98 Å². The van der Waals surface area contributed by atoms with Gasteiger partial charge < -0.3 is 11.1 Å². The van der Waals surface area contributed by atoms with E-state index in [0.717, 1.165) is 17.1 Å². The molecular weight excluding hydrogens is 162 g/mol. The molecule has 0 bridgehead atoms. The summed E-state index contributed by atoms with van der Waals surface area (Å²) in [6, 6.07) is 4.04. The predicted molar refractivity (Wildman–Crippen MR) is 55.8 cm³/mol. The van der Waals surface area contributed by atoms with Crippen molar-refractivity contribution < 1.29 is 0 Å². The molecule has 1 aromatic rings. The van der Waals surface area contributed by atoms with E-state index in [4.69, 9.17) is 5.73 Å². The first-order valence-corrected chi connectivity index (χ1v) is 4.56. The summed E-state index contributed by atoms with van der Waals surface area (Å²) in [6.45, 7) is 4.82. The zero-order valence-corrected chi connectivity index (χ0v) is 8.46. The lowest BCUT2D eigenvalue weighted by atomic mass is 10.1. The maximum Gasteiger partial charge on any atom is 0.126 e. The lowest BCUT2D eigenvalue weighted by molar-refractivity contribution is 0.818. The lowest BCUT2D eigenvalue weighted by Crippen LogP contribution is -2.03. The van der Waals surface area contributed by atoms with E-state index in [2.05, 4.69) is 30.2 Å². The Bertz CT molecular complexity index is 259. The van der Waals surface area contributed by atoms with E-state index in [1.54, 1.807) is 0 Å². The van der Waals surface area contributed by atoms with Gasteiger partial charge in [-0.15, -0.1) is 0 Å². The fourth-order valence-electron chi connectivity index (χ4n) is 1.15. The first-order chi connectivity index (χ1) is 6.17. The molecule has 1 aromatic heterocycles. The van der Waals surface area contributed by atoms with Crippen LogP contribution < -0.4 is 11.1 Å². The summed E-state index contributed by atoms with van der Waals surface area (Å²) in [6.07, 6.45) is 0. The van der Waals surface area contributed by atoms with Crippen molar-refractivity contribution in [3.05, 3.63) is 23.4 Å². The molecule has 0 spiro atoms. The molecule has 0 aliphatic heterocycles. The van der Waals surface area contributed by atoms with Crippen molar-refractivity contribution in [1.29, 1.82) is 0 Å². The second-order valence-corrected chi connectivity index (χ2v) is 3.39. The van der Waals surface area contributed by atoms with Crippen LogP contribution >= 0.6 is 0 Å². The number of rotatable bonds is 3. The summed E-state index contributed by atoms with van der Waals surface area (Å²) in [7, 11) is 1.87. The third-order valence-electron chi connectivity index (χ3n) is 1.99. The fourth-order valence-corrected chi connectivity index (χ4v) is 1.15. The maximum absolute atomic E-state index is 5.59. The average molecular weight is 179 g/mol. The molecule has 0 aliphatic rings. The van der Waals surface area contributed by atoms with Crippen molar-refractivity contribution in [2.45, 2.75) is 26.3 Å². The van der Waals surface area contributed by atoms with Crippen LogP contribution in [0, 0.1) is 0 Å². The Kier molecular flexibility index (Phi) is 3.25. The van der Waals surface area contributed by atoms with Gasteiger partial charge in [-0.05, 0) is 23.6 Å². The molecule has 0 fully saturated rings. The number of hydrogen-bond acceptors (Lipinski definition) is 3. The minimum Gasteiger partial charge on any atom is -0.373 e. The number of hydrogen-bond donors (Lipinski definition) is 2. The molecule has 0 amide bonds. The maximum atomic E-state index is 5.59. The zero-order chi connectivity index (χ0) is 9.84. The van der Waals surface area contributed by atoms with Crippen LogP contribution in [0.5, 0.6) is 0 Å². The molecule has 3 N–H and O–H groups in total. The van der Waals surface area contributed by atoms with Gasteiger partial charge in [0.15, 0.2) is 0 Å². The van der Waals surface area contributed by atoms with Crippen LogP contribution in [0.25, 0.3) is 0 Å². The SMILES string of the molecule is CNc1cc(CN)cc(C(C)C)n1. The number of nitrogens with two attached hydrogens (primary N) is 1.